The van der Waals surface area contributed by atoms with E-state index < -0.39 is 0 Å². The van der Waals surface area contributed by atoms with Gasteiger partial charge in [-0.25, -0.2) is 4.68 Å². The van der Waals surface area contributed by atoms with Gasteiger partial charge >= 0.3 is 0 Å². The standard InChI is InChI=1S/C20H33N5O2.ClH/c1-4-27-17-13-16(20(17)9-5-6-10-20)24(3)19(26)18-14(2)25(23-22-18)15-7-11-21-12-8-15;/h15-17,21H,4-13H2,1-3H3;1H. The number of rotatable bonds is 5. The van der Waals surface area contributed by atoms with Crippen LogP contribution in [0.1, 0.15) is 74.1 Å². The third-order valence-corrected chi connectivity index (χ3v) is 7.22. The Bertz CT molecular complexity index is 682. The Hall–Kier alpha value is -1.18. The monoisotopic (exact) mass is 411 g/mol. The normalized spacial score (nSPS) is 26.7. The SMILES string of the molecule is CCOC1CC(N(C)C(=O)c2nnn(C3CCNCC3)c2C)C12CCCC2.Cl. The number of hydrogen-bond donors (Lipinski definition) is 1. The predicted octanol–water partition coefficient (Wildman–Crippen LogP) is 2.74. The quantitative estimate of drug-likeness (QED) is 0.806. The van der Waals surface area contributed by atoms with Crippen LogP contribution in [0.5, 0.6) is 0 Å². The summed E-state index contributed by atoms with van der Waals surface area (Å²) in [5.74, 6) is 0.0129. The van der Waals surface area contributed by atoms with Crippen LogP contribution in [0.3, 0.4) is 0 Å². The molecule has 2 heterocycles. The van der Waals surface area contributed by atoms with Crippen molar-refractivity contribution in [2.45, 2.75) is 77.0 Å². The van der Waals surface area contributed by atoms with Crippen molar-refractivity contribution in [2.75, 3.05) is 26.7 Å². The molecular weight excluding hydrogens is 378 g/mol. The Kier molecular flexibility index (Phi) is 6.67. The summed E-state index contributed by atoms with van der Waals surface area (Å²) in [6.07, 6.45) is 8.14. The number of amides is 1. The fourth-order valence-electron chi connectivity index (χ4n) is 5.64. The van der Waals surface area contributed by atoms with Gasteiger partial charge in [0, 0.05) is 25.1 Å². The highest BCUT2D eigenvalue weighted by atomic mass is 35.5. The Morgan fingerprint density at radius 1 is 1.32 bits per heavy atom. The first-order valence-corrected chi connectivity index (χ1v) is 10.6. The number of carbonyl (C=O) groups is 1. The second-order valence-corrected chi connectivity index (χ2v) is 8.50. The zero-order chi connectivity index (χ0) is 19.0. The first kappa shape index (κ1) is 21.5. The van der Waals surface area contributed by atoms with Gasteiger partial charge in [-0.15, -0.1) is 17.5 Å². The van der Waals surface area contributed by atoms with E-state index in [2.05, 4.69) is 22.6 Å². The fraction of sp³-hybridized carbons (Fsp3) is 0.850. The number of carbonyl (C=O) groups excluding carboxylic acids is 1. The van der Waals surface area contributed by atoms with Crippen LogP contribution in [0.2, 0.25) is 0 Å². The minimum atomic E-state index is 0. The molecule has 2 unspecified atom stereocenters. The first-order valence-electron chi connectivity index (χ1n) is 10.6. The molecule has 1 spiro atoms. The molecule has 2 saturated carbocycles. The van der Waals surface area contributed by atoms with E-state index in [1.807, 2.05) is 23.6 Å². The summed E-state index contributed by atoms with van der Waals surface area (Å²) in [5, 5.41) is 12.0. The van der Waals surface area contributed by atoms with Crippen LogP contribution in [-0.4, -0.2) is 64.7 Å². The van der Waals surface area contributed by atoms with Gasteiger partial charge in [0.15, 0.2) is 5.69 Å². The molecule has 1 aromatic rings. The van der Waals surface area contributed by atoms with Crippen molar-refractivity contribution in [3.63, 3.8) is 0 Å². The minimum absolute atomic E-state index is 0. The van der Waals surface area contributed by atoms with Crippen molar-refractivity contribution in [3.05, 3.63) is 11.4 Å². The van der Waals surface area contributed by atoms with E-state index in [9.17, 15) is 4.79 Å². The summed E-state index contributed by atoms with van der Waals surface area (Å²) in [6.45, 7) is 6.79. The molecule has 2 aliphatic carbocycles. The highest BCUT2D eigenvalue weighted by Gasteiger charge is 2.59. The summed E-state index contributed by atoms with van der Waals surface area (Å²) in [5.41, 5.74) is 1.57. The lowest BCUT2D eigenvalue weighted by molar-refractivity contribution is -0.152. The Morgan fingerprint density at radius 3 is 2.64 bits per heavy atom. The molecule has 28 heavy (non-hydrogen) atoms. The van der Waals surface area contributed by atoms with Crippen molar-refractivity contribution in [1.29, 1.82) is 0 Å². The predicted molar refractivity (Wildman–Crippen MR) is 110 cm³/mol. The average Bonchev–Trinajstić information content (AvgIpc) is 3.33. The zero-order valence-corrected chi connectivity index (χ0v) is 18.1. The summed E-state index contributed by atoms with van der Waals surface area (Å²) in [4.78, 5) is 15.2. The number of piperidine rings is 1. The number of aromatic nitrogens is 3. The van der Waals surface area contributed by atoms with E-state index in [0.29, 0.717) is 17.8 Å². The Balaban J connectivity index is 0.00000225. The van der Waals surface area contributed by atoms with Crippen LogP contribution < -0.4 is 5.32 Å². The lowest BCUT2D eigenvalue weighted by atomic mass is 9.60. The second kappa shape index (κ2) is 8.67. The molecular formula is C20H34ClN5O2. The van der Waals surface area contributed by atoms with Crippen molar-refractivity contribution in [1.82, 2.24) is 25.2 Å². The molecule has 2 atom stereocenters. The van der Waals surface area contributed by atoms with Gasteiger partial charge in [0.05, 0.1) is 17.8 Å². The lowest BCUT2D eigenvalue weighted by Crippen LogP contribution is -2.64. The maximum Gasteiger partial charge on any atom is 0.276 e. The highest BCUT2D eigenvalue weighted by Crippen LogP contribution is 2.56. The Labute approximate surface area is 174 Å². The maximum atomic E-state index is 13.3. The molecule has 0 radical (unpaired) electrons. The lowest BCUT2D eigenvalue weighted by Gasteiger charge is -2.56. The molecule has 1 saturated heterocycles. The molecule has 1 aliphatic heterocycles. The number of hydrogen-bond acceptors (Lipinski definition) is 5. The molecule has 4 rings (SSSR count). The maximum absolute atomic E-state index is 13.3. The van der Waals surface area contributed by atoms with Gasteiger partial charge in [-0.1, -0.05) is 18.1 Å². The number of halogens is 1. The second-order valence-electron chi connectivity index (χ2n) is 8.50. The first-order chi connectivity index (χ1) is 13.1. The molecule has 0 aromatic carbocycles. The molecule has 0 bridgehead atoms. The van der Waals surface area contributed by atoms with Crippen LogP contribution in [-0.2, 0) is 4.74 Å². The smallest absolute Gasteiger partial charge is 0.276 e. The summed E-state index contributed by atoms with van der Waals surface area (Å²) in [7, 11) is 1.94. The molecule has 1 amide bonds. The van der Waals surface area contributed by atoms with Gasteiger partial charge in [0.25, 0.3) is 5.91 Å². The topological polar surface area (TPSA) is 72.3 Å². The van der Waals surface area contributed by atoms with Crippen LogP contribution >= 0.6 is 12.4 Å². The molecule has 8 heteroatoms. The summed E-state index contributed by atoms with van der Waals surface area (Å²) < 4.78 is 7.98. The molecule has 3 aliphatic rings. The van der Waals surface area contributed by atoms with Gasteiger partial charge in [-0.2, -0.15) is 0 Å². The van der Waals surface area contributed by atoms with Crippen LogP contribution in [0.4, 0.5) is 0 Å². The number of nitrogens with zero attached hydrogens (tertiary/aromatic N) is 4. The van der Waals surface area contributed by atoms with Gasteiger partial charge in [-0.05, 0) is 59.0 Å². The molecule has 3 fully saturated rings. The summed E-state index contributed by atoms with van der Waals surface area (Å²) >= 11 is 0. The number of nitrogens with one attached hydrogen (secondary N) is 1. The van der Waals surface area contributed by atoms with E-state index in [4.69, 9.17) is 4.74 Å². The van der Waals surface area contributed by atoms with Crippen LogP contribution in [0.25, 0.3) is 0 Å². The van der Waals surface area contributed by atoms with E-state index in [0.717, 1.165) is 44.7 Å². The molecule has 1 N–H and O–H groups in total. The Morgan fingerprint density at radius 2 is 2.00 bits per heavy atom. The van der Waals surface area contributed by atoms with Gasteiger partial charge < -0.3 is 15.0 Å². The average molecular weight is 412 g/mol. The van der Waals surface area contributed by atoms with E-state index >= 15 is 0 Å². The molecule has 1 aromatic heterocycles. The van der Waals surface area contributed by atoms with Crippen molar-refractivity contribution < 1.29 is 9.53 Å². The third-order valence-electron chi connectivity index (χ3n) is 7.22. The van der Waals surface area contributed by atoms with E-state index in [1.165, 1.54) is 25.7 Å². The van der Waals surface area contributed by atoms with Gasteiger partial charge in [0.1, 0.15) is 0 Å². The highest BCUT2D eigenvalue weighted by molar-refractivity contribution is 5.93. The van der Waals surface area contributed by atoms with E-state index in [1.54, 1.807) is 0 Å². The van der Waals surface area contributed by atoms with Crippen molar-refractivity contribution in [2.24, 2.45) is 5.41 Å². The van der Waals surface area contributed by atoms with Gasteiger partial charge in [0.2, 0.25) is 0 Å². The molecule has 158 valence electrons. The zero-order valence-electron chi connectivity index (χ0n) is 17.3. The van der Waals surface area contributed by atoms with E-state index in [-0.39, 0.29) is 29.8 Å². The van der Waals surface area contributed by atoms with Crippen molar-refractivity contribution in [3.8, 4) is 0 Å². The van der Waals surface area contributed by atoms with Crippen LogP contribution in [0.15, 0.2) is 0 Å². The largest absolute Gasteiger partial charge is 0.378 e. The number of ether oxygens (including phenoxy) is 1. The van der Waals surface area contributed by atoms with Gasteiger partial charge in [-0.3, -0.25) is 4.79 Å². The minimum Gasteiger partial charge on any atom is -0.378 e. The fourth-order valence-corrected chi connectivity index (χ4v) is 5.64. The van der Waals surface area contributed by atoms with Crippen LogP contribution in [0, 0.1) is 12.3 Å². The molecule has 7 nitrogen and oxygen atoms in total. The third kappa shape index (κ3) is 3.46. The van der Waals surface area contributed by atoms with Crippen molar-refractivity contribution >= 4 is 18.3 Å². The summed E-state index contributed by atoms with van der Waals surface area (Å²) in [6, 6.07) is 0.602.